The molecular weight excluding hydrogens is 160 g/mol. The second-order valence-corrected chi connectivity index (χ2v) is 4.06. The monoisotopic (exact) mass is 180 g/mol. The molecule has 0 radical (unpaired) electrons. The van der Waals surface area contributed by atoms with Crippen molar-refractivity contribution in [2.45, 2.75) is 44.1 Å². The van der Waals surface area contributed by atoms with E-state index >= 15 is 0 Å². The lowest BCUT2D eigenvalue weighted by Crippen LogP contribution is -2.39. The van der Waals surface area contributed by atoms with Gasteiger partial charge in [-0.3, -0.25) is 0 Å². The highest BCUT2D eigenvalue weighted by Gasteiger charge is 2.36. The Bertz CT molecular complexity index is 186. The zero-order chi connectivity index (χ0) is 9.73. The van der Waals surface area contributed by atoms with Crippen molar-refractivity contribution >= 4 is 0 Å². The average Bonchev–Trinajstić information content (AvgIpc) is 2.10. The van der Waals surface area contributed by atoms with Gasteiger partial charge in [0.05, 0.1) is 5.60 Å². The van der Waals surface area contributed by atoms with Crippen LogP contribution in [0.15, 0.2) is 25.3 Å². The molecule has 2 atom stereocenters. The molecule has 0 bridgehead atoms. The van der Waals surface area contributed by atoms with Gasteiger partial charge in [0.25, 0.3) is 0 Å². The van der Waals surface area contributed by atoms with Gasteiger partial charge in [-0.2, -0.15) is 0 Å². The maximum atomic E-state index is 10.3. The molecule has 0 saturated heterocycles. The van der Waals surface area contributed by atoms with Crippen LogP contribution in [-0.2, 0) is 0 Å². The highest BCUT2D eigenvalue weighted by molar-refractivity contribution is 4.96. The third-order valence-corrected chi connectivity index (χ3v) is 3.12. The van der Waals surface area contributed by atoms with Crippen LogP contribution in [0.1, 0.15) is 38.5 Å². The standard InChI is InChI=1S/C12H20O/c1-3-7-11-8-5-6-10-12(11,13)9-4-2/h3-4,11,13H,1-2,5-10H2/t11-,12+/m0/s1. The summed E-state index contributed by atoms with van der Waals surface area (Å²) >= 11 is 0. The van der Waals surface area contributed by atoms with Crippen LogP contribution in [0, 0.1) is 5.92 Å². The average molecular weight is 180 g/mol. The van der Waals surface area contributed by atoms with E-state index in [0.29, 0.717) is 5.92 Å². The second kappa shape index (κ2) is 4.61. The first-order valence-corrected chi connectivity index (χ1v) is 5.17. The van der Waals surface area contributed by atoms with Crippen LogP contribution in [0.3, 0.4) is 0 Å². The van der Waals surface area contributed by atoms with Gasteiger partial charge in [-0.25, -0.2) is 0 Å². The number of hydrogen-bond donors (Lipinski definition) is 1. The van der Waals surface area contributed by atoms with Crippen LogP contribution in [0.4, 0.5) is 0 Å². The molecule has 0 unspecified atom stereocenters. The summed E-state index contributed by atoms with van der Waals surface area (Å²) in [7, 11) is 0. The van der Waals surface area contributed by atoms with Crippen molar-refractivity contribution < 1.29 is 5.11 Å². The molecule has 1 rings (SSSR count). The van der Waals surface area contributed by atoms with Gasteiger partial charge >= 0.3 is 0 Å². The van der Waals surface area contributed by atoms with Gasteiger partial charge in [-0.05, 0) is 31.6 Å². The minimum absolute atomic E-state index is 0.400. The Balaban J connectivity index is 2.63. The van der Waals surface area contributed by atoms with Crippen molar-refractivity contribution in [3.63, 3.8) is 0 Å². The molecule has 0 aromatic heterocycles. The van der Waals surface area contributed by atoms with Gasteiger partial charge in [0.15, 0.2) is 0 Å². The van der Waals surface area contributed by atoms with Crippen LogP contribution in [0.5, 0.6) is 0 Å². The zero-order valence-corrected chi connectivity index (χ0v) is 8.34. The molecule has 0 amide bonds. The molecule has 1 heteroatoms. The molecule has 74 valence electrons. The van der Waals surface area contributed by atoms with E-state index < -0.39 is 5.60 Å². The van der Waals surface area contributed by atoms with E-state index in [2.05, 4.69) is 13.2 Å². The largest absolute Gasteiger partial charge is 0.389 e. The summed E-state index contributed by atoms with van der Waals surface area (Å²) in [6, 6.07) is 0. The quantitative estimate of drug-likeness (QED) is 0.659. The first-order valence-electron chi connectivity index (χ1n) is 5.17. The maximum absolute atomic E-state index is 10.3. The van der Waals surface area contributed by atoms with Crippen LogP contribution in [-0.4, -0.2) is 10.7 Å². The molecule has 13 heavy (non-hydrogen) atoms. The van der Waals surface area contributed by atoms with Crippen molar-refractivity contribution in [1.82, 2.24) is 0 Å². The summed E-state index contributed by atoms with van der Waals surface area (Å²) in [6.45, 7) is 7.45. The fourth-order valence-corrected chi connectivity index (χ4v) is 2.35. The lowest BCUT2D eigenvalue weighted by molar-refractivity contribution is -0.0443. The molecule has 0 heterocycles. The van der Waals surface area contributed by atoms with Gasteiger partial charge in [0.1, 0.15) is 0 Å². The summed E-state index contributed by atoms with van der Waals surface area (Å²) in [4.78, 5) is 0. The summed E-state index contributed by atoms with van der Waals surface area (Å²) in [6.07, 6.45) is 9.88. The smallest absolute Gasteiger partial charge is 0.0712 e. The van der Waals surface area contributed by atoms with Crippen molar-refractivity contribution in [3.05, 3.63) is 25.3 Å². The van der Waals surface area contributed by atoms with Crippen LogP contribution >= 0.6 is 0 Å². The van der Waals surface area contributed by atoms with Crippen LogP contribution in [0.2, 0.25) is 0 Å². The molecule has 1 aliphatic carbocycles. The Kier molecular flexibility index (Phi) is 3.73. The van der Waals surface area contributed by atoms with E-state index in [-0.39, 0.29) is 0 Å². The Morgan fingerprint density at radius 2 is 2.08 bits per heavy atom. The summed E-state index contributed by atoms with van der Waals surface area (Å²) < 4.78 is 0. The second-order valence-electron chi connectivity index (χ2n) is 4.06. The number of allylic oxidation sites excluding steroid dienone is 1. The van der Waals surface area contributed by atoms with Gasteiger partial charge in [0.2, 0.25) is 0 Å². The summed E-state index contributed by atoms with van der Waals surface area (Å²) in [5.74, 6) is 0.400. The Morgan fingerprint density at radius 3 is 2.69 bits per heavy atom. The third kappa shape index (κ3) is 2.44. The molecule has 1 nitrogen and oxygen atoms in total. The van der Waals surface area contributed by atoms with Gasteiger partial charge < -0.3 is 5.11 Å². The minimum Gasteiger partial charge on any atom is -0.389 e. The fourth-order valence-electron chi connectivity index (χ4n) is 2.35. The summed E-state index contributed by atoms with van der Waals surface area (Å²) in [5, 5.41) is 10.3. The normalized spacial score (nSPS) is 34.1. The number of rotatable bonds is 4. The van der Waals surface area contributed by atoms with E-state index in [1.54, 1.807) is 0 Å². The van der Waals surface area contributed by atoms with Crippen molar-refractivity contribution in [1.29, 1.82) is 0 Å². The molecule has 0 aromatic rings. The fraction of sp³-hybridized carbons (Fsp3) is 0.667. The first-order chi connectivity index (χ1) is 6.23. The van der Waals surface area contributed by atoms with E-state index in [9.17, 15) is 5.11 Å². The third-order valence-electron chi connectivity index (χ3n) is 3.12. The zero-order valence-electron chi connectivity index (χ0n) is 8.34. The van der Waals surface area contributed by atoms with Gasteiger partial charge in [0, 0.05) is 0 Å². The van der Waals surface area contributed by atoms with E-state index in [1.807, 2.05) is 12.2 Å². The van der Waals surface area contributed by atoms with Gasteiger partial charge in [-0.1, -0.05) is 25.0 Å². The SMILES string of the molecule is C=CC[C@H]1CCCC[C@]1(O)CC=C. The van der Waals surface area contributed by atoms with Crippen LogP contribution in [0.25, 0.3) is 0 Å². The molecule has 1 aliphatic rings. The number of hydrogen-bond acceptors (Lipinski definition) is 1. The molecule has 0 aromatic carbocycles. The highest BCUT2D eigenvalue weighted by atomic mass is 16.3. The lowest BCUT2D eigenvalue weighted by Gasteiger charge is -2.39. The van der Waals surface area contributed by atoms with Crippen molar-refractivity contribution in [3.8, 4) is 0 Å². The Morgan fingerprint density at radius 1 is 1.31 bits per heavy atom. The maximum Gasteiger partial charge on any atom is 0.0712 e. The highest BCUT2D eigenvalue weighted by Crippen LogP contribution is 2.38. The molecular formula is C12H20O. The van der Waals surface area contributed by atoms with Gasteiger partial charge in [-0.15, -0.1) is 13.2 Å². The molecule has 1 fully saturated rings. The molecule has 0 aliphatic heterocycles. The Labute approximate surface area is 81.2 Å². The topological polar surface area (TPSA) is 20.2 Å². The van der Waals surface area contributed by atoms with E-state index in [1.165, 1.54) is 6.42 Å². The first kappa shape index (κ1) is 10.5. The van der Waals surface area contributed by atoms with E-state index in [0.717, 1.165) is 32.1 Å². The molecule has 1 saturated carbocycles. The molecule has 1 N–H and O–H groups in total. The Hall–Kier alpha value is -0.560. The van der Waals surface area contributed by atoms with Crippen LogP contribution < -0.4 is 0 Å². The molecule has 0 spiro atoms. The van der Waals surface area contributed by atoms with E-state index in [4.69, 9.17) is 0 Å². The predicted molar refractivity (Wildman–Crippen MR) is 56.5 cm³/mol. The van der Waals surface area contributed by atoms with Crippen molar-refractivity contribution in [2.24, 2.45) is 5.92 Å². The number of aliphatic hydroxyl groups is 1. The minimum atomic E-state index is -0.492. The van der Waals surface area contributed by atoms with Crippen molar-refractivity contribution in [2.75, 3.05) is 0 Å². The summed E-state index contributed by atoms with van der Waals surface area (Å²) in [5.41, 5.74) is -0.492. The lowest BCUT2D eigenvalue weighted by atomic mass is 9.72. The predicted octanol–water partition coefficient (Wildman–Crippen LogP) is 3.06.